The summed E-state index contributed by atoms with van der Waals surface area (Å²) in [5.41, 5.74) is 6.42. The molecule has 98 valence electrons. The second-order valence-electron chi connectivity index (χ2n) is 4.11. The Morgan fingerprint density at radius 3 is 2.72 bits per heavy atom. The average molecular weight is 251 g/mol. The van der Waals surface area contributed by atoms with E-state index in [2.05, 4.69) is 5.32 Å². The third-order valence-corrected chi connectivity index (χ3v) is 2.75. The number of aryl methyl sites for hydroxylation is 1. The molecule has 1 aromatic rings. The third kappa shape index (κ3) is 3.27. The number of nitrogens with zero attached hydrogens (tertiary/aromatic N) is 1. The van der Waals surface area contributed by atoms with Gasteiger partial charge in [-0.3, -0.25) is 14.9 Å². The summed E-state index contributed by atoms with van der Waals surface area (Å²) < 4.78 is 0. The van der Waals surface area contributed by atoms with Crippen molar-refractivity contribution in [2.24, 2.45) is 11.7 Å². The number of hydrogen-bond donors (Lipinski definition) is 2. The summed E-state index contributed by atoms with van der Waals surface area (Å²) in [4.78, 5) is 22.2. The van der Waals surface area contributed by atoms with Crippen LogP contribution in [0.2, 0.25) is 0 Å². The molecule has 6 nitrogen and oxygen atoms in total. The smallest absolute Gasteiger partial charge is 0.292 e. The molecule has 0 radical (unpaired) electrons. The highest BCUT2D eigenvalue weighted by Gasteiger charge is 2.19. The van der Waals surface area contributed by atoms with Gasteiger partial charge >= 0.3 is 0 Å². The van der Waals surface area contributed by atoms with Crippen LogP contribution in [-0.4, -0.2) is 17.4 Å². The Balaban J connectivity index is 2.99. The van der Waals surface area contributed by atoms with Gasteiger partial charge in [-0.15, -0.1) is 0 Å². The maximum absolute atomic E-state index is 11.8. The van der Waals surface area contributed by atoms with Crippen LogP contribution in [0.5, 0.6) is 0 Å². The lowest BCUT2D eigenvalue weighted by Crippen LogP contribution is -2.28. The summed E-state index contributed by atoms with van der Waals surface area (Å²) in [5, 5.41) is 13.4. The fourth-order valence-electron chi connectivity index (χ4n) is 1.60. The molecular weight excluding hydrogens is 234 g/mol. The number of nitro groups is 1. The van der Waals surface area contributed by atoms with Gasteiger partial charge in [-0.05, 0) is 25.0 Å². The normalized spacial score (nSPS) is 11.9. The van der Waals surface area contributed by atoms with Crippen molar-refractivity contribution in [3.63, 3.8) is 0 Å². The number of nitrogens with one attached hydrogen (secondary N) is 1. The summed E-state index contributed by atoms with van der Waals surface area (Å²) in [7, 11) is 0. The Labute approximate surface area is 105 Å². The van der Waals surface area contributed by atoms with Crippen molar-refractivity contribution >= 4 is 17.3 Å². The van der Waals surface area contributed by atoms with Crippen molar-refractivity contribution < 1.29 is 9.72 Å². The highest BCUT2D eigenvalue weighted by Crippen LogP contribution is 2.25. The van der Waals surface area contributed by atoms with Gasteiger partial charge in [0.1, 0.15) is 5.69 Å². The first-order valence-corrected chi connectivity index (χ1v) is 5.75. The average Bonchev–Trinajstić information content (AvgIpc) is 2.30. The minimum atomic E-state index is -0.515. The van der Waals surface area contributed by atoms with Crippen LogP contribution in [0.4, 0.5) is 11.4 Å². The quantitative estimate of drug-likeness (QED) is 0.616. The lowest BCUT2D eigenvalue weighted by molar-refractivity contribution is -0.383. The largest absolute Gasteiger partial charge is 0.330 e. The van der Waals surface area contributed by atoms with Gasteiger partial charge in [0.25, 0.3) is 5.69 Å². The van der Waals surface area contributed by atoms with Crippen LogP contribution >= 0.6 is 0 Å². The maximum Gasteiger partial charge on any atom is 0.292 e. The molecule has 1 atom stereocenters. The van der Waals surface area contributed by atoms with Gasteiger partial charge in [0.2, 0.25) is 5.91 Å². The Morgan fingerprint density at radius 1 is 1.56 bits per heavy atom. The van der Waals surface area contributed by atoms with Gasteiger partial charge in [-0.1, -0.05) is 13.0 Å². The lowest BCUT2D eigenvalue weighted by atomic mass is 10.1. The van der Waals surface area contributed by atoms with Crippen molar-refractivity contribution in [2.75, 3.05) is 11.9 Å². The molecule has 0 aliphatic rings. The molecule has 6 heteroatoms. The topological polar surface area (TPSA) is 98.3 Å². The first-order chi connectivity index (χ1) is 8.49. The second kappa shape index (κ2) is 6.11. The van der Waals surface area contributed by atoms with E-state index in [0.717, 1.165) is 5.56 Å². The Bertz CT molecular complexity index is 456. The molecule has 0 heterocycles. The number of anilines is 1. The van der Waals surface area contributed by atoms with Crippen LogP contribution in [0, 0.1) is 23.0 Å². The van der Waals surface area contributed by atoms with Crippen molar-refractivity contribution in [1.82, 2.24) is 0 Å². The molecule has 0 saturated heterocycles. The molecule has 0 aromatic heterocycles. The molecule has 1 rings (SSSR count). The number of nitro benzene ring substituents is 1. The third-order valence-electron chi connectivity index (χ3n) is 2.75. The molecule has 0 bridgehead atoms. The monoisotopic (exact) mass is 251 g/mol. The van der Waals surface area contributed by atoms with E-state index in [-0.39, 0.29) is 29.7 Å². The molecule has 3 N–H and O–H groups in total. The predicted octanol–water partition coefficient (Wildman–Crippen LogP) is 1.83. The summed E-state index contributed by atoms with van der Waals surface area (Å²) in [6, 6.07) is 4.60. The molecule has 0 aliphatic carbocycles. The van der Waals surface area contributed by atoms with Crippen LogP contribution in [0.25, 0.3) is 0 Å². The molecule has 1 unspecified atom stereocenters. The van der Waals surface area contributed by atoms with Crippen LogP contribution < -0.4 is 11.1 Å². The van der Waals surface area contributed by atoms with Crippen molar-refractivity contribution in [2.45, 2.75) is 20.3 Å². The van der Waals surface area contributed by atoms with E-state index in [1.54, 1.807) is 19.1 Å². The fraction of sp³-hybridized carbons (Fsp3) is 0.417. The van der Waals surface area contributed by atoms with Gasteiger partial charge in [0.05, 0.1) is 10.8 Å². The molecule has 0 spiro atoms. The summed E-state index contributed by atoms with van der Waals surface area (Å²) in [5.74, 6) is -0.612. The zero-order chi connectivity index (χ0) is 13.7. The number of carbonyl (C=O) groups is 1. The van der Waals surface area contributed by atoms with Gasteiger partial charge in [0, 0.05) is 12.6 Å². The zero-order valence-electron chi connectivity index (χ0n) is 10.5. The molecular formula is C12H17N3O3. The molecule has 18 heavy (non-hydrogen) atoms. The van der Waals surface area contributed by atoms with E-state index < -0.39 is 4.92 Å². The van der Waals surface area contributed by atoms with Gasteiger partial charge in [-0.2, -0.15) is 0 Å². The number of hydrogen-bond acceptors (Lipinski definition) is 4. The number of rotatable bonds is 5. The fourth-order valence-corrected chi connectivity index (χ4v) is 1.60. The Kier molecular flexibility index (Phi) is 4.79. The highest BCUT2D eigenvalue weighted by atomic mass is 16.6. The Morgan fingerprint density at radius 2 is 2.22 bits per heavy atom. The first-order valence-electron chi connectivity index (χ1n) is 5.75. The van der Waals surface area contributed by atoms with Crippen LogP contribution in [0.3, 0.4) is 0 Å². The van der Waals surface area contributed by atoms with Crippen LogP contribution in [-0.2, 0) is 4.79 Å². The van der Waals surface area contributed by atoms with E-state index in [0.29, 0.717) is 6.42 Å². The summed E-state index contributed by atoms with van der Waals surface area (Å²) in [6.45, 7) is 3.88. The van der Waals surface area contributed by atoms with E-state index in [1.807, 2.05) is 6.92 Å². The molecule has 0 saturated carbocycles. The zero-order valence-corrected chi connectivity index (χ0v) is 10.5. The van der Waals surface area contributed by atoms with E-state index in [1.165, 1.54) is 6.07 Å². The maximum atomic E-state index is 11.8. The van der Waals surface area contributed by atoms with Gasteiger partial charge < -0.3 is 11.1 Å². The summed E-state index contributed by atoms with van der Waals surface area (Å²) >= 11 is 0. The highest BCUT2D eigenvalue weighted by molar-refractivity contribution is 5.94. The second-order valence-corrected chi connectivity index (χ2v) is 4.11. The first kappa shape index (κ1) is 14.1. The molecule has 0 fully saturated rings. The van der Waals surface area contributed by atoms with E-state index in [9.17, 15) is 14.9 Å². The SMILES string of the molecule is CCC(CN)C(=O)Nc1cc(C)ccc1[N+](=O)[O-]. The number of benzene rings is 1. The van der Waals surface area contributed by atoms with Crippen LogP contribution in [0.1, 0.15) is 18.9 Å². The molecule has 1 amide bonds. The number of amides is 1. The number of nitrogens with two attached hydrogens (primary N) is 1. The predicted molar refractivity (Wildman–Crippen MR) is 69.3 cm³/mol. The molecule has 0 aliphatic heterocycles. The van der Waals surface area contributed by atoms with Gasteiger partial charge in [0.15, 0.2) is 0 Å². The van der Waals surface area contributed by atoms with E-state index in [4.69, 9.17) is 5.73 Å². The van der Waals surface area contributed by atoms with Crippen molar-refractivity contribution in [3.05, 3.63) is 33.9 Å². The lowest BCUT2D eigenvalue weighted by Gasteiger charge is -2.13. The van der Waals surface area contributed by atoms with Crippen LogP contribution in [0.15, 0.2) is 18.2 Å². The summed E-state index contributed by atoms with van der Waals surface area (Å²) in [6.07, 6.45) is 0.599. The minimum absolute atomic E-state index is 0.110. The Hall–Kier alpha value is -1.95. The number of carbonyl (C=O) groups excluding carboxylic acids is 1. The standard InChI is InChI=1S/C12H17N3O3/c1-3-9(7-13)12(16)14-10-6-8(2)4-5-11(10)15(17)18/h4-6,9H,3,7,13H2,1-2H3,(H,14,16). The van der Waals surface area contributed by atoms with E-state index >= 15 is 0 Å². The van der Waals surface area contributed by atoms with Gasteiger partial charge in [-0.25, -0.2) is 0 Å². The minimum Gasteiger partial charge on any atom is -0.330 e. The van der Waals surface area contributed by atoms with Crippen molar-refractivity contribution in [1.29, 1.82) is 0 Å². The molecule has 1 aromatic carbocycles. The van der Waals surface area contributed by atoms with Crippen molar-refractivity contribution in [3.8, 4) is 0 Å².